The highest BCUT2D eigenvalue weighted by atomic mass is 79.9. The number of methoxy groups -OCH3 is 2. The van der Waals surface area contributed by atoms with Crippen LogP contribution in [0.5, 0.6) is 0 Å². The number of hydrogen-bond donors (Lipinski definition) is 1. The molecule has 4 aromatic carbocycles. The van der Waals surface area contributed by atoms with Crippen LogP contribution in [0.1, 0.15) is 50.4 Å². The number of esters is 2. The van der Waals surface area contributed by atoms with Crippen LogP contribution in [0.2, 0.25) is 20.1 Å². The Labute approximate surface area is 286 Å². The second-order valence-corrected chi connectivity index (χ2v) is 10.8. The van der Waals surface area contributed by atoms with Crippen LogP contribution >= 0.6 is 62.3 Å². The van der Waals surface area contributed by atoms with Gasteiger partial charge in [0.15, 0.2) is 0 Å². The van der Waals surface area contributed by atoms with Gasteiger partial charge in [0.25, 0.3) is 0 Å². The van der Waals surface area contributed by atoms with Gasteiger partial charge in [-0.15, -0.1) is 0 Å². The molecule has 0 aliphatic heterocycles. The van der Waals surface area contributed by atoms with Crippen molar-refractivity contribution in [1.29, 1.82) is 0 Å². The normalized spacial score (nSPS) is 9.82. The van der Waals surface area contributed by atoms with E-state index in [0.717, 1.165) is 16.5 Å². The van der Waals surface area contributed by atoms with Gasteiger partial charge in [0.2, 0.25) is 0 Å². The third-order valence-corrected chi connectivity index (χ3v) is 7.38. The van der Waals surface area contributed by atoms with Crippen LogP contribution in [0.15, 0.2) is 84.9 Å². The van der Waals surface area contributed by atoms with Crippen LogP contribution in [0.4, 0.5) is 0 Å². The van der Waals surface area contributed by atoms with Crippen molar-refractivity contribution >= 4 is 74.3 Å². The van der Waals surface area contributed by atoms with E-state index in [1.165, 1.54) is 31.9 Å². The van der Waals surface area contributed by atoms with E-state index >= 15 is 0 Å². The second kappa shape index (κ2) is 21.2. The Bertz CT molecular complexity index is 1420. The lowest BCUT2D eigenvalue weighted by molar-refractivity contribution is 0.0592. The number of aliphatic hydroxyl groups is 1. The molecule has 0 unspecified atom stereocenters. The first-order valence-corrected chi connectivity index (χ1v) is 15.2. The monoisotopic (exact) mass is 744 g/mol. The summed E-state index contributed by atoms with van der Waals surface area (Å²) in [6, 6.07) is 26.4. The predicted octanol–water partition coefficient (Wildman–Crippen LogP) is 9.99. The molecule has 0 saturated carbocycles. The molecule has 0 aliphatic carbocycles. The summed E-state index contributed by atoms with van der Waals surface area (Å²) in [5, 5.41) is 10.7. The average molecular weight is 747 g/mol. The fourth-order valence-corrected chi connectivity index (χ4v) is 5.20. The Morgan fingerprint density at radius 2 is 1.00 bits per heavy atom. The quantitative estimate of drug-likeness (QED) is 0.143. The van der Waals surface area contributed by atoms with Gasteiger partial charge in [0, 0.05) is 5.33 Å². The zero-order valence-electron chi connectivity index (χ0n) is 23.3. The molecule has 4 aromatic rings. The number of alkyl halides is 1. The molecule has 236 valence electrons. The first kappa shape index (κ1) is 39.4. The summed E-state index contributed by atoms with van der Waals surface area (Å²) < 4.78 is 14.7. The van der Waals surface area contributed by atoms with E-state index in [1.807, 2.05) is 48.5 Å². The average Bonchev–Trinajstić information content (AvgIpc) is 3.01. The first-order valence-electron chi connectivity index (χ1n) is 12.6. The van der Waals surface area contributed by atoms with E-state index in [9.17, 15) is 9.59 Å². The van der Waals surface area contributed by atoms with E-state index in [0.29, 0.717) is 18.8 Å². The van der Waals surface area contributed by atoms with Gasteiger partial charge in [-0.2, -0.15) is 0 Å². The number of halogens is 5. The van der Waals surface area contributed by atoms with Crippen molar-refractivity contribution in [1.82, 2.24) is 0 Å². The fraction of sp³-hybridized carbons (Fsp3) is 0.212. The van der Waals surface area contributed by atoms with E-state index in [2.05, 4.69) is 37.5 Å². The molecular weight excluding hydrogens is 714 g/mol. The lowest BCUT2D eigenvalue weighted by Crippen LogP contribution is -2.04. The Hall–Kier alpha value is -2.62. The Morgan fingerprint density at radius 1 is 0.636 bits per heavy atom. The number of rotatable bonds is 8. The molecule has 0 bridgehead atoms. The number of aliphatic hydroxyl groups excluding tert-OH is 1. The summed E-state index contributed by atoms with van der Waals surface area (Å²) in [5.74, 6) is -1.15. The van der Waals surface area contributed by atoms with Crippen LogP contribution in [-0.2, 0) is 39.4 Å². The van der Waals surface area contributed by atoms with Crippen molar-refractivity contribution in [3.63, 3.8) is 0 Å². The van der Waals surface area contributed by atoms with Crippen LogP contribution in [0, 0.1) is 0 Å². The van der Waals surface area contributed by atoms with Crippen molar-refractivity contribution in [2.45, 2.75) is 32.6 Å². The molecular formula is C33H33BrCl4O6. The molecule has 4 rings (SSSR count). The van der Waals surface area contributed by atoms with Gasteiger partial charge in [-0.05, 0) is 46.5 Å². The topological polar surface area (TPSA) is 82.1 Å². The van der Waals surface area contributed by atoms with Gasteiger partial charge in [0.1, 0.15) is 0 Å². The zero-order valence-corrected chi connectivity index (χ0v) is 27.9. The molecule has 0 aromatic heterocycles. The number of ether oxygens (including phenoxy) is 3. The maximum atomic E-state index is 11.5. The lowest BCUT2D eigenvalue weighted by Gasteiger charge is -2.09. The van der Waals surface area contributed by atoms with Gasteiger partial charge in [0.05, 0.1) is 65.3 Å². The van der Waals surface area contributed by atoms with E-state index < -0.39 is 11.9 Å². The van der Waals surface area contributed by atoms with E-state index in [4.69, 9.17) is 56.2 Å². The van der Waals surface area contributed by atoms with Crippen molar-refractivity contribution in [2.24, 2.45) is 0 Å². The smallest absolute Gasteiger partial charge is 0.340 e. The summed E-state index contributed by atoms with van der Waals surface area (Å²) in [6.45, 7) is 0.672. The van der Waals surface area contributed by atoms with Crippen molar-refractivity contribution in [2.75, 3.05) is 14.2 Å². The summed E-state index contributed by atoms with van der Waals surface area (Å²) >= 11 is 27.1. The summed E-state index contributed by atoms with van der Waals surface area (Å²) in [4.78, 5) is 22.7. The highest BCUT2D eigenvalue weighted by Gasteiger charge is 2.17. The Balaban J connectivity index is 0.000000362. The van der Waals surface area contributed by atoms with Crippen molar-refractivity contribution in [3.8, 4) is 0 Å². The molecule has 0 fully saturated rings. The van der Waals surface area contributed by atoms with Crippen LogP contribution in [0.25, 0.3) is 0 Å². The van der Waals surface area contributed by atoms with E-state index in [-0.39, 0.29) is 45.3 Å². The highest BCUT2D eigenvalue weighted by molar-refractivity contribution is 9.08. The number of benzene rings is 4. The lowest BCUT2D eigenvalue weighted by atomic mass is 10.1. The van der Waals surface area contributed by atoms with E-state index in [1.54, 1.807) is 12.1 Å². The van der Waals surface area contributed by atoms with Crippen LogP contribution in [0.3, 0.4) is 0 Å². The minimum Gasteiger partial charge on any atom is -0.465 e. The second-order valence-electron chi connectivity index (χ2n) is 8.61. The molecule has 0 amide bonds. The zero-order chi connectivity index (χ0) is 31.8. The number of carbonyl (C=O) groups excluding carboxylic acids is 2. The standard InChI is InChI=1S/C16H14Cl2O3.C9H8Cl2O3.C7H7Br.CH4/c1-20-16(19)15-13(17)7-12(8-14(15)18)10-21-9-11-5-3-2-4-6-11;1-14-9(13)8-6(10)2-5(4-12)3-7(8)11;8-6-7-4-2-1-3-5-7;/h2-8H,9-10H2,1H3;2-3,12H,4H2,1H3;1-5H,6H2;1H4. The van der Waals surface area contributed by atoms with Gasteiger partial charge in [-0.25, -0.2) is 9.59 Å². The van der Waals surface area contributed by atoms with Crippen LogP contribution < -0.4 is 0 Å². The fourth-order valence-electron chi connectivity index (χ4n) is 3.45. The van der Waals surface area contributed by atoms with Gasteiger partial charge in [-0.3, -0.25) is 0 Å². The molecule has 0 heterocycles. The highest BCUT2D eigenvalue weighted by Crippen LogP contribution is 2.28. The molecule has 6 nitrogen and oxygen atoms in total. The molecule has 0 radical (unpaired) electrons. The summed E-state index contributed by atoms with van der Waals surface area (Å²) in [7, 11) is 2.53. The Morgan fingerprint density at radius 3 is 1.34 bits per heavy atom. The van der Waals surface area contributed by atoms with Crippen molar-refractivity contribution < 1.29 is 28.9 Å². The maximum absolute atomic E-state index is 11.5. The predicted molar refractivity (Wildman–Crippen MR) is 182 cm³/mol. The minimum atomic E-state index is -0.593. The molecule has 0 aliphatic rings. The van der Waals surface area contributed by atoms with Crippen LogP contribution in [-0.4, -0.2) is 31.3 Å². The number of hydrogen-bond acceptors (Lipinski definition) is 6. The summed E-state index contributed by atoms with van der Waals surface area (Å²) in [6.07, 6.45) is 0. The maximum Gasteiger partial charge on any atom is 0.340 e. The molecule has 11 heteroatoms. The largest absolute Gasteiger partial charge is 0.465 e. The first-order chi connectivity index (χ1) is 20.6. The van der Waals surface area contributed by atoms with Gasteiger partial charge >= 0.3 is 11.9 Å². The number of carbonyl (C=O) groups is 2. The van der Waals surface area contributed by atoms with Gasteiger partial charge in [-0.1, -0.05) is 130 Å². The molecule has 44 heavy (non-hydrogen) atoms. The van der Waals surface area contributed by atoms with Crippen molar-refractivity contribution in [3.05, 3.63) is 138 Å². The molecule has 0 spiro atoms. The summed E-state index contributed by atoms with van der Waals surface area (Å²) in [5.41, 5.74) is 4.05. The minimum absolute atomic E-state index is 0. The molecule has 1 N–H and O–H groups in total. The third kappa shape index (κ3) is 12.8. The van der Waals surface area contributed by atoms with Gasteiger partial charge < -0.3 is 19.3 Å². The molecule has 0 atom stereocenters. The third-order valence-electron chi connectivity index (χ3n) is 5.54. The molecule has 0 saturated heterocycles. The SMILES string of the molecule is BrCc1ccccc1.C.COC(=O)c1c(Cl)cc(CO)cc1Cl.COC(=O)c1c(Cl)cc(COCc2ccccc2)cc1Cl. The Kier molecular flexibility index (Phi) is 19.0.